The van der Waals surface area contributed by atoms with Gasteiger partial charge in [-0.1, -0.05) is 11.6 Å². The average molecular weight is 429 g/mol. The lowest BCUT2D eigenvalue weighted by molar-refractivity contribution is -0.148. The molecule has 0 unspecified atom stereocenters. The lowest BCUT2D eigenvalue weighted by atomic mass is 10.1. The van der Waals surface area contributed by atoms with Gasteiger partial charge in [-0.15, -0.1) is 11.8 Å². The summed E-state index contributed by atoms with van der Waals surface area (Å²) in [6.07, 6.45) is 1.20. The monoisotopic (exact) mass is 428 g/mol. The Balaban J connectivity index is 1.57. The van der Waals surface area contributed by atoms with Gasteiger partial charge in [-0.25, -0.2) is 4.79 Å². The fraction of sp³-hybridized carbons (Fsp3) is 0.526. The van der Waals surface area contributed by atoms with Gasteiger partial charge in [-0.2, -0.15) is 0 Å². The molecule has 154 valence electrons. The molecule has 0 saturated carbocycles. The van der Waals surface area contributed by atoms with Gasteiger partial charge in [0.1, 0.15) is 0 Å². The number of rotatable bonds is 8. The van der Waals surface area contributed by atoms with E-state index in [1.54, 1.807) is 24.0 Å². The summed E-state index contributed by atoms with van der Waals surface area (Å²) < 4.78 is 9.99. The summed E-state index contributed by atoms with van der Waals surface area (Å²) in [5.41, 5.74) is 0. The first kappa shape index (κ1) is 22.4. The van der Waals surface area contributed by atoms with Crippen molar-refractivity contribution in [2.75, 3.05) is 32.1 Å². The van der Waals surface area contributed by atoms with Crippen molar-refractivity contribution in [3.05, 3.63) is 29.3 Å². The largest absolute Gasteiger partial charge is 0.456 e. The number of thioether (sulfide) groups is 1. The lowest BCUT2D eigenvalue weighted by Gasteiger charge is -2.31. The van der Waals surface area contributed by atoms with E-state index in [-0.39, 0.29) is 31.1 Å². The van der Waals surface area contributed by atoms with Crippen molar-refractivity contribution < 1.29 is 23.9 Å². The van der Waals surface area contributed by atoms with Crippen molar-refractivity contribution in [1.29, 1.82) is 0 Å². The predicted molar refractivity (Wildman–Crippen MR) is 108 cm³/mol. The summed E-state index contributed by atoms with van der Waals surface area (Å²) >= 11 is 7.35. The number of nitrogens with one attached hydrogen (secondary N) is 1. The zero-order valence-corrected chi connectivity index (χ0v) is 17.4. The Morgan fingerprint density at radius 1 is 1.18 bits per heavy atom. The number of piperidine rings is 1. The second kappa shape index (κ2) is 11.8. The molecule has 1 aromatic carbocycles. The van der Waals surface area contributed by atoms with Gasteiger partial charge < -0.3 is 19.7 Å². The van der Waals surface area contributed by atoms with Gasteiger partial charge in [-0.05, 0) is 44.0 Å². The molecule has 28 heavy (non-hydrogen) atoms. The van der Waals surface area contributed by atoms with Crippen molar-refractivity contribution in [1.82, 2.24) is 10.2 Å². The molecule has 0 bridgehead atoms. The summed E-state index contributed by atoms with van der Waals surface area (Å²) in [7, 11) is 0. The van der Waals surface area contributed by atoms with Crippen LogP contribution >= 0.6 is 23.4 Å². The van der Waals surface area contributed by atoms with Crippen LogP contribution in [0.5, 0.6) is 0 Å². The molecular formula is C19H25ClN2O5S. The van der Waals surface area contributed by atoms with Crippen molar-refractivity contribution in [2.24, 2.45) is 0 Å². The minimum Gasteiger partial charge on any atom is -0.456 e. The van der Waals surface area contributed by atoms with E-state index in [0.717, 1.165) is 4.90 Å². The van der Waals surface area contributed by atoms with Crippen molar-refractivity contribution in [2.45, 2.75) is 37.1 Å². The Morgan fingerprint density at radius 2 is 1.86 bits per heavy atom. The quantitative estimate of drug-likeness (QED) is 0.506. The smallest absolute Gasteiger partial charge is 0.409 e. The summed E-state index contributed by atoms with van der Waals surface area (Å²) in [6, 6.07) is 7.34. The van der Waals surface area contributed by atoms with Crippen LogP contribution in [0, 0.1) is 0 Å². The zero-order valence-electron chi connectivity index (χ0n) is 15.8. The first-order valence-corrected chi connectivity index (χ1v) is 10.6. The molecular weight excluding hydrogens is 404 g/mol. The molecule has 0 aliphatic carbocycles. The SMILES string of the molecule is CCOC(=O)N1CCC(NC(=O)COC(=O)CCSc2ccc(Cl)cc2)CC1. The third kappa shape index (κ3) is 7.98. The number of nitrogens with zero attached hydrogens (tertiary/aromatic N) is 1. The molecule has 0 atom stereocenters. The van der Waals surface area contributed by atoms with Gasteiger partial charge in [0, 0.05) is 34.8 Å². The number of likely N-dealkylation sites (tertiary alicyclic amines) is 1. The number of hydrogen-bond acceptors (Lipinski definition) is 6. The number of carbonyl (C=O) groups is 3. The topological polar surface area (TPSA) is 84.9 Å². The van der Waals surface area contributed by atoms with E-state index in [9.17, 15) is 14.4 Å². The molecule has 7 nitrogen and oxygen atoms in total. The Labute approximate surface area is 174 Å². The molecule has 9 heteroatoms. The van der Waals surface area contributed by atoms with Gasteiger partial charge in [0.25, 0.3) is 5.91 Å². The van der Waals surface area contributed by atoms with Crippen LogP contribution in [0.4, 0.5) is 4.79 Å². The first-order valence-electron chi connectivity index (χ1n) is 9.23. The third-order valence-electron chi connectivity index (χ3n) is 4.14. The molecule has 1 saturated heterocycles. The molecule has 1 aliphatic rings. The van der Waals surface area contributed by atoms with Crippen LogP contribution in [0.2, 0.25) is 5.02 Å². The Kier molecular flexibility index (Phi) is 9.43. The van der Waals surface area contributed by atoms with Crippen molar-refractivity contribution in [3.63, 3.8) is 0 Å². The van der Waals surface area contributed by atoms with E-state index in [2.05, 4.69) is 5.32 Å². The lowest BCUT2D eigenvalue weighted by Crippen LogP contribution is -2.47. The molecule has 1 N–H and O–H groups in total. The highest BCUT2D eigenvalue weighted by atomic mass is 35.5. The molecule has 1 aromatic rings. The second-order valence-electron chi connectivity index (χ2n) is 6.24. The summed E-state index contributed by atoms with van der Waals surface area (Å²) in [5, 5.41) is 3.51. The maximum absolute atomic E-state index is 11.9. The standard InChI is InChI=1S/C19H25ClN2O5S/c1-2-26-19(25)22-10-7-15(8-11-22)21-17(23)13-27-18(24)9-12-28-16-5-3-14(20)4-6-16/h3-6,15H,2,7-13H2,1H3,(H,21,23). The average Bonchev–Trinajstić information content (AvgIpc) is 2.69. The predicted octanol–water partition coefficient (Wildman–Crippen LogP) is 3.10. The number of hydrogen-bond donors (Lipinski definition) is 1. The van der Waals surface area contributed by atoms with Crippen molar-refractivity contribution in [3.8, 4) is 0 Å². The van der Waals surface area contributed by atoms with E-state index in [4.69, 9.17) is 21.1 Å². The maximum Gasteiger partial charge on any atom is 0.409 e. The number of esters is 1. The highest BCUT2D eigenvalue weighted by molar-refractivity contribution is 7.99. The van der Waals surface area contributed by atoms with E-state index < -0.39 is 5.97 Å². The van der Waals surface area contributed by atoms with Gasteiger partial charge in [0.2, 0.25) is 0 Å². The third-order valence-corrected chi connectivity index (χ3v) is 5.40. The molecule has 1 heterocycles. The van der Waals surface area contributed by atoms with Crippen LogP contribution in [-0.4, -0.2) is 61.0 Å². The van der Waals surface area contributed by atoms with Gasteiger partial charge in [-0.3, -0.25) is 9.59 Å². The number of ether oxygens (including phenoxy) is 2. The second-order valence-corrected chi connectivity index (χ2v) is 7.85. The van der Waals surface area contributed by atoms with Gasteiger partial charge >= 0.3 is 12.1 Å². The van der Waals surface area contributed by atoms with Crippen LogP contribution < -0.4 is 5.32 Å². The van der Waals surface area contributed by atoms with Gasteiger partial charge in [0.05, 0.1) is 13.0 Å². The Morgan fingerprint density at radius 3 is 2.50 bits per heavy atom. The van der Waals surface area contributed by atoms with E-state index in [0.29, 0.717) is 43.3 Å². The molecule has 0 radical (unpaired) electrons. The van der Waals surface area contributed by atoms with Crippen LogP contribution in [0.3, 0.4) is 0 Å². The molecule has 2 rings (SSSR count). The number of halogens is 1. The van der Waals surface area contributed by atoms with E-state index in [1.807, 2.05) is 12.1 Å². The summed E-state index contributed by atoms with van der Waals surface area (Å²) in [6.45, 7) is 2.89. The zero-order chi connectivity index (χ0) is 20.4. The van der Waals surface area contributed by atoms with E-state index in [1.165, 1.54) is 11.8 Å². The van der Waals surface area contributed by atoms with Crippen molar-refractivity contribution >= 4 is 41.3 Å². The first-order chi connectivity index (χ1) is 13.5. The van der Waals surface area contributed by atoms with Crippen LogP contribution in [0.15, 0.2) is 29.2 Å². The van der Waals surface area contributed by atoms with Crippen LogP contribution in [0.1, 0.15) is 26.2 Å². The normalized spacial score (nSPS) is 14.4. The maximum atomic E-state index is 11.9. The number of amides is 2. The minimum atomic E-state index is -0.409. The molecule has 0 aromatic heterocycles. The molecule has 0 spiro atoms. The molecule has 1 fully saturated rings. The fourth-order valence-electron chi connectivity index (χ4n) is 2.69. The Bertz CT molecular complexity index is 663. The molecule has 1 aliphatic heterocycles. The number of carbonyl (C=O) groups excluding carboxylic acids is 3. The summed E-state index contributed by atoms with van der Waals surface area (Å²) in [4.78, 5) is 38.0. The molecule has 2 amide bonds. The summed E-state index contributed by atoms with van der Waals surface area (Å²) in [5.74, 6) is -0.170. The highest BCUT2D eigenvalue weighted by Crippen LogP contribution is 2.21. The highest BCUT2D eigenvalue weighted by Gasteiger charge is 2.24. The van der Waals surface area contributed by atoms with E-state index >= 15 is 0 Å². The van der Waals surface area contributed by atoms with Crippen LogP contribution in [-0.2, 0) is 19.1 Å². The minimum absolute atomic E-state index is 0.0302. The Hall–Kier alpha value is -1.93. The van der Waals surface area contributed by atoms with Crippen LogP contribution in [0.25, 0.3) is 0 Å². The van der Waals surface area contributed by atoms with Gasteiger partial charge in [0.15, 0.2) is 6.61 Å². The number of benzene rings is 1. The fourth-order valence-corrected chi connectivity index (χ4v) is 3.65.